The molecule has 2 bridgehead atoms. The number of rotatable bonds is 11. The molecule has 3 aliphatic rings. The van der Waals surface area contributed by atoms with Gasteiger partial charge in [0.25, 0.3) is 11.8 Å². The molecule has 3 aliphatic carbocycles. The Hall–Kier alpha value is -4.94. The van der Waals surface area contributed by atoms with Crippen molar-refractivity contribution in [3.8, 4) is 40.1 Å². The van der Waals surface area contributed by atoms with Gasteiger partial charge >= 0.3 is 0 Å². The third-order valence-corrected chi connectivity index (χ3v) is 10.6. The summed E-state index contributed by atoms with van der Waals surface area (Å²) in [5, 5.41) is 57.1. The summed E-state index contributed by atoms with van der Waals surface area (Å²) in [5.41, 5.74) is 0.666. The first-order valence-corrected chi connectivity index (χ1v) is 17.1. The fourth-order valence-corrected chi connectivity index (χ4v) is 7.59. The van der Waals surface area contributed by atoms with E-state index in [1.165, 1.54) is 10.6 Å². The van der Waals surface area contributed by atoms with Crippen molar-refractivity contribution >= 4 is 11.8 Å². The standard InChI is InChI=1S/C38H45N5O7/c1-6-39-36(48)34-42-41-33(28-19-27(21(2)3)29(44)20-30(28)45)43(34)24-9-13-26(14-10-24)50-25-11-7-22(8-12-25)35(47)40-16-15-38(49)31-17-23(18-32(38)46)37(31,4)5/h7-14,19-21,23,31-32,44-46,49H,6,15-18H2,1-5H3,(H,39,48)(H,40,47)/t23-,31-,32-,38+/m0/s1. The van der Waals surface area contributed by atoms with Crippen LogP contribution >= 0.6 is 0 Å². The minimum atomic E-state index is -1.21. The Morgan fingerprint density at radius 2 is 1.60 bits per heavy atom. The van der Waals surface area contributed by atoms with Crippen LogP contribution in [0.2, 0.25) is 0 Å². The summed E-state index contributed by atoms with van der Waals surface area (Å²) in [4.78, 5) is 25.8. The average molecular weight is 684 g/mol. The molecule has 1 heterocycles. The van der Waals surface area contributed by atoms with Crippen molar-refractivity contribution in [1.82, 2.24) is 25.4 Å². The van der Waals surface area contributed by atoms with Crippen molar-refractivity contribution in [1.29, 1.82) is 0 Å². The lowest BCUT2D eigenvalue weighted by Gasteiger charge is -2.65. The van der Waals surface area contributed by atoms with E-state index in [0.717, 1.165) is 6.42 Å². The second-order valence-corrected chi connectivity index (χ2v) is 14.3. The Bertz CT molecular complexity index is 1890. The number of phenols is 2. The Morgan fingerprint density at radius 1 is 0.940 bits per heavy atom. The highest BCUT2D eigenvalue weighted by Crippen LogP contribution is 2.63. The van der Waals surface area contributed by atoms with Crippen LogP contribution in [0.1, 0.15) is 86.3 Å². The van der Waals surface area contributed by atoms with Crippen LogP contribution in [0.4, 0.5) is 0 Å². The topological polar surface area (TPSA) is 179 Å². The van der Waals surface area contributed by atoms with Gasteiger partial charge in [0, 0.05) is 30.4 Å². The largest absolute Gasteiger partial charge is 0.508 e. The number of hydrogen-bond acceptors (Lipinski definition) is 9. The molecule has 0 unspecified atom stereocenters. The summed E-state index contributed by atoms with van der Waals surface area (Å²) >= 11 is 0. The molecular weight excluding hydrogens is 638 g/mol. The summed E-state index contributed by atoms with van der Waals surface area (Å²) in [5.74, 6) is 0.658. The van der Waals surface area contributed by atoms with Gasteiger partial charge in [0.15, 0.2) is 5.82 Å². The Kier molecular flexibility index (Phi) is 9.36. The molecule has 3 aromatic carbocycles. The van der Waals surface area contributed by atoms with E-state index in [1.54, 1.807) is 61.5 Å². The molecular formula is C38H45N5O7. The second-order valence-electron chi connectivity index (χ2n) is 14.3. The van der Waals surface area contributed by atoms with E-state index in [1.807, 2.05) is 13.8 Å². The lowest BCUT2D eigenvalue weighted by molar-refractivity contribution is -0.255. The Labute approximate surface area is 291 Å². The van der Waals surface area contributed by atoms with E-state index < -0.39 is 17.6 Å². The van der Waals surface area contributed by atoms with Crippen LogP contribution in [0.5, 0.6) is 23.0 Å². The van der Waals surface area contributed by atoms with Gasteiger partial charge in [-0.15, -0.1) is 10.2 Å². The molecule has 4 aromatic rings. The predicted octanol–water partition coefficient (Wildman–Crippen LogP) is 5.29. The van der Waals surface area contributed by atoms with Gasteiger partial charge in [-0.25, -0.2) is 0 Å². The molecule has 0 spiro atoms. The lowest BCUT2D eigenvalue weighted by Crippen LogP contribution is -2.68. The number of aromatic hydroxyl groups is 2. The van der Waals surface area contributed by atoms with Crippen molar-refractivity contribution < 1.29 is 34.8 Å². The molecule has 12 heteroatoms. The zero-order valence-corrected chi connectivity index (χ0v) is 29.0. The van der Waals surface area contributed by atoms with Gasteiger partial charge in [-0.2, -0.15) is 0 Å². The number of ether oxygens (including phenoxy) is 1. The smallest absolute Gasteiger partial charge is 0.289 e. The summed E-state index contributed by atoms with van der Waals surface area (Å²) in [6.07, 6.45) is 0.990. The number of aliphatic hydroxyl groups excluding tert-OH is 1. The highest BCUT2D eigenvalue weighted by atomic mass is 16.5. The zero-order chi connectivity index (χ0) is 36.0. The predicted molar refractivity (Wildman–Crippen MR) is 187 cm³/mol. The van der Waals surface area contributed by atoms with Gasteiger partial charge < -0.3 is 35.8 Å². The number of carbonyl (C=O) groups excluding carboxylic acids is 2. The number of phenolic OH excluding ortho intramolecular Hbond substituents is 2. The van der Waals surface area contributed by atoms with E-state index in [2.05, 4.69) is 34.7 Å². The number of carbonyl (C=O) groups is 2. The number of nitrogens with one attached hydrogen (secondary N) is 2. The zero-order valence-electron chi connectivity index (χ0n) is 29.0. The molecule has 264 valence electrons. The fraction of sp³-hybridized carbons (Fsp3) is 0.421. The maximum absolute atomic E-state index is 13.0. The minimum absolute atomic E-state index is 0.0120. The number of hydrogen-bond donors (Lipinski definition) is 6. The molecule has 3 saturated carbocycles. The molecule has 2 amide bonds. The van der Waals surface area contributed by atoms with Crippen molar-refractivity contribution in [2.24, 2.45) is 17.3 Å². The second kappa shape index (κ2) is 13.4. The van der Waals surface area contributed by atoms with Gasteiger partial charge in [0.1, 0.15) is 23.0 Å². The van der Waals surface area contributed by atoms with E-state index in [4.69, 9.17) is 4.74 Å². The summed E-state index contributed by atoms with van der Waals surface area (Å²) in [7, 11) is 0. The number of amides is 2. The molecule has 0 radical (unpaired) electrons. The molecule has 12 nitrogen and oxygen atoms in total. The van der Waals surface area contributed by atoms with Gasteiger partial charge in [-0.3, -0.25) is 14.2 Å². The molecule has 7 rings (SSSR count). The first-order valence-electron chi connectivity index (χ1n) is 17.1. The summed E-state index contributed by atoms with van der Waals surface area (Å²) < 4.78 is 7.57. The van der Waals surface area contributed by atoms with Crippen LogP contribution in [-0.4, -0.2) is 71.8 Å². The third kappa shape index (κ3) is 6.29. The number of nitrogens with zero attached hydrogens (tertiary/aromatic N) is 3. The van der Waals surface area contributed by atoms with Gasteiger partial charge in [0.2, 0.25) is 5.82 Å². The molecule has 50 heavy (non-hydrogen) atoms. The van der Waals surface area contributed by atoms with Gasteiger partial charge in [-0.05, 0) is 110 Å². The number of aromatic nitrogens is 3. The van der Waals surface area contributed by atoms with Crippen LogP contribution in [0.25, 0.3) is 17.1 Å². The SMILES string of the molecule is CCNC(=O)c1nnc(-c2cc(C(C)C)c(O)cc2O)n1-c1ccc(Oc2ccc(C(=O)NCC[C@]3(O)[C@@H](O)C[C@@H]4C[C@H]3C4(C)C)cc2)cc1. The Morgan fingerprint density at radius 3 is 2.22 bits per heavy atom. The normalized spacial score (nSPS) is 22.1. The summed E-state index contributed by atoms with van der Waals surface area (Å²) in [6, 6.07) is 16.5. The fourth-order valence-electron chi connectivity index (χ4n) is 7.59. The molecule has 0 saturated heterocycles. The van der Waals surface area contributed by atoms with Crippen molar-refractivity contribution in [3.63, 3.8) is 0 Å². The van der Waals surface area contributed by atoms with E-state index >= 15 is 0 Å². The van der Waals surface area contributed by atoms with Crippen LogP contribution in [-0.2, 0) is 0 Å². The van der Waals surface area contributed by atoms with Crippen LogP contribution in [0, 0.1) is 17.3 Å². The highest BCUT2D eigenvalue weighted by Gasteiger charge is 2.64. The molecule has 3 fully saturated rings. The molecule has 0 aliphatic heterocycles. The van der Waals surface area contributed by atoms with Gasteiger partial charge in [0.05, 0.1) is 17.3 Å². The maximum Gasteiger partial charge on any atom is 0.289 e. The van der Waals surface area contributed by atoms with Crippen molar-refractivity contribution in [2.75, 3.05) is 13.1 Å². The minimum Gasteiger partial charge on any atom is -0.508 e. The van der Waals surface area contributed by atoms with Crippen molar-refractivity contribution in [3.05, 3.63) is 77.6 Å². The third-order valence-electron chi connectivity index (χ3n) is 10.6. The van der Waals surface area contributed by atoms with E-state index in [0.29, 0.717) is 52.8 Å². The molecule has 4 atom stereocenters. The van der Waals surface area contributed by atoms with Crippen LogP contribution in [0.3, 0.4) is 0 Å². The van der Waals surface area contributed by atoms with E-state index in [-0.39, 0.29) is 59.3 Å². The molecule has 6 N–H and O–H groups in total. The first-order chi connectivity index (χ1) is 23.7. The molecule has 1 aromatic heterocycles. The van der Waals surface area contributed by atoms with Gasteiger partial charge in [-0.1, -0.05) is 27.7 Å². The number of aliphatic hydroxyl groups is 2. The van der Waals surface area contributed by atoms with Crippen LogP contribution in [0.15, 0.2) is 60.7 Å². The monoisotopic (exact) mass is 683 g/mol. The Balaban J connectivity index is 1.15. The van der Waals surface area contributed by atoms with Crippen molar-refractivity contribution in [2.45, 2.75) is 71.5 Å². The average Bonchev–Trinajstić information content (AvgIpc) is 3.51. The first kappa shape index (κ1) is 34.9. The maximum atomic E-state index is 13.0. The van der Waals surface area contributed by atoms with Crippen LogP contribution < -0.4 is 15.4 Å². The number of benzene rings is 3. The lowest BCUT2D eigenvalue weighted by atomic mass is 9.43. The highest BCUT2D eigenvalue weighted by molar-refractivity contribution is 5.94. The van der Waals surface area contributed by atoms with E-state index in [9.17, 15) is 30.0 Å². The summed E-state index contributed by atoms with van der Waals surface area (Å²) in [6.45, 7) is 10.5. The quantitative estimate of drug-likeness (QED) is 0.123. The number of fused-ring (bicyclic) bond motifs is 2.